The second-order valence-corrected chi connectivity index (χ2v) is 8.50. The molecule has 1 N–H and O–H groups in total. The minimum atomic E-state index is -2.62. The molecule has 4 aromatic rings. The fraction of sp³-hybridized carbons (Fsp3) is 0.429. The molecular weight excluding hydrogens is 488 g/mol. The van der Waals surface area contributed by atoms with Gasteiger partial charge in [0.1, 0.15) is 5.69 Å². The number of nitrogens with zero attached hydrogens (tertiary/aromatic N) is 6. The quantitative estimate of drug-likeness (QED) is 0.316. The van der Waals surface area contributed by atoms with Gasteiger partial charge in [0.15, 0.2) is 17.8 Å². The molecule has 0 fully saturated rings. The van der Waals surface area contributed by atoms with Crippen molar-refractivity contribution in [3.63, 3.8) is 0 Å². The number of hydrogen-bond donors (Lipinski definition) is 1. The van der Waals surface area contributed by atoms with Crippen molar-refractivity contribution in [1.29, 1.82) is 0 Å². The van der Waals surface area contributed by atoms with Crippen LogP contribution in [0.5, 0.6) is 0 Å². The summed E-state index contributed by atoms with van der Waals surface area (Å²) in [5.74, 6) is 0.582. The highest BCUT2D eigenvalue weighted by Crippen LogP contribution is 2.40. The molecule has 8 nitrogen and oxygen atoms in total. The van der Waals surface area contributed by atoms with E-state index in [0.717, 1.165) is 18.4 Å². The fourth-order valence-electron chi connectivity index (χ4n) is 3.98. The van der Waals surface area contributed by atoms with Gasteiger partial charge in [-0.15, -0.1) is 5.10 Å². The summed E-state index contributed by atoms with van der Waals surface area (Å²) in [5.41, 5.74) is 3.71. The first-order valence-corrected chi connectivity index (χ1v) is 13.0. The maximum absolute atomic E-state index is 14.0. The van der Waals surface area contributed by atoms with Crippen molar-refractivity contribution < 1.29 is 13.6 Å². The van der Waals surface area contributed by atoms with Crippen LogP contribution in [-0.2, 0) is 13.5 Å². The first-order valence-electron chi connectivity index (χ1n) is 13.0. The number of nitrogens with one attached hydrogen (secondary N) is 1. The van der Waals surface area contributed by atoms with Gasteiger partial charge in [-0.2, -0.15) is 5.10 Å². The summed E-state index contributed by atoms with van der Waals surface area (Å²) in [6.45, 7) is 8.89. The number of carbonyl (C=O) groups excluding carboxylic acids is 1. The van der Waals surface area contributed by atoms with Gasteiger partial charge in [0, 0.05) is 36.6 Å². The van der Waals surface area contributed by atoms with Gasteiger partial charge in [-0.1, -0.05) is 34.1 Å². The van der Waals surface area contributed by atoms with Crippen LogP contribution in [0.4, 0.5) is 20.3 Å². The topological polar surface area (TPSA) is 80.4 Å². The standard InChI is InChI=1S/C21H18F2N6O.C3H8.C2H7N.C2H6/c1-27-11-14(9-25-27)16-7-13-3-2-6-28(18(13)8-17(16)21(22)23)20-5-4-19-24-10-15(12-30)29(19)26-20;2*1-3-2;1-2/h4-5,7-12,21H,2-3,6H2,1H3;3H2,1-2H3;3H,1-2H3;1-2H3. The third-order valence-electron chi connectivity index (χ3n) is 5.39. The van der Waals surface area contributed by atoms with E-state index in [1.165, 1.54) is 17.1 Å². The normalized spacial score (nSPS) is 12.0. The Morgan fingerprint density at radius 2 is 1.82 bits per heavy atom. The van der Waals surface area contributed by atoms with E-state index < -0.39 is 6.43 Å². The highest BCUT2D eigenvalue weighted by Gasteiger charge is 2.25. The average molecular weight is 528 g/mol. The lowest BCUT2D eigenvalue weighted by Crippen LogP contribution is -2.26. The first kappa shape index (κ1) is 30.6. The van der Waals surface area contributed by atoms with E-state index in [2.05, 4.69) is 34.3 Å². The van der Waals surface area contributed by atoms with Crippen molar-refractivity contribution in [2.75, 3.05) is 25.5 Å². The minimum Gasteiger partial charge on any atom is -0.325 e. The summed E-state index contributed by atoms with van der Waals surface area (Å²) in [4.78, 5) is 17.3. The summed E-state index contributed by atoms with van der Waals surface area (Å²) in [6, 6.07) is 6.96. The molecule has 0 atom stereocenters. The van der Waals surface area contributed by atoms with Crippen molar-refractivity contribution in [3.8, 4) is 11.1 Å². The van der Waals surface area contributed by atoms with Crippen molar-refractivity contribution in [3.05, 3.63) is 59.7 Å². The third-order valence-corrected chi connectivity index (χ3v) is 5.39. The van der Waals surface area contributed by atoms with Gasteiger partial charge in [-0.05, 0) is 62.3 Å². The lowest BCUT2D eigenvalue weighted by Gasteiger charge is -2.31. The molecule has 1 aliphatic rings. The Balaban J connectivity index is 0.000000571. The number of aldehydes is 1. The van der Waals surface area contributed by atoms with Crippen molar-refractivity contribution in [2.45, 2.75) is 53.4 Å². The number of benzene rings is 1. The van der Waals surface area contributed by atoms with E-state index >= 15 is 0 Å². The molecule has 5 rings (SSSR count). The molecule has 1 aliphatic heterocycles. The molecule has 0 saturated carbocycles. The van der Waals surface area contributed by atoms with Crippen LogP contribution in [0.1, 0.15) is 68.6 Å². The molecule has 10 heteroatoms. The van der Waals surface area contributed by atoms with Crippen LogP contribution >= 0.6 is 0 Å². The zero-order chi connectivity index (χ0) is 28.2. The Morgan fingerprint density at radius 1 is 1.13 bits per heavy atom. The van der Waals surface area contributed by atoms with Crippen LogP contribution in [0.2, 0.25) is 0 Å². The highest BCUT2D eigenvalue weighted by molar-refractivity contribution is 5.77. The third kappa shape index (κ3) is 7.00. The van der Waals surface area contributed by atoms with Gasteiger partial charge in [-0.25, -0.2) is 18.3 Å². The second kappa shape index (κ2) is 14.9. The van der Waals surface area contributed by atoms with E-state index in [1.54, 1.807) is 42.3 Å². The second-order valence-electron chi connectivity index (χ2n) is 8.50. The molecule has 0 amide bonds. The molecule has 0 saturated heterocycles. The molecular formula is C28H39F2N7O. The molecule has 4 heterocycles. The molecule has 3 aromatic heterocycles. The number of imidazole rings is 1. The van der Waals surface area contributed by atoms with Gasteiger partial charge < -0.3 is 10.2 Å². The summed E-state index contributed by atoms with van der Waals surface area (Å²) in [5, 5.41) is 11.4. The lowest BCUT2D eigenvalue weighted by molar-refractivity contribution is 0.111. The van der Waals surface area contributed by atoms with Crippen LogP contribution in [0.25, 0.3) is 16.8 Å². The highest BCUT2D eigenvalue weighted by atomic mass is 19.3. The lowest BCUT2D eigenvalue weighted by atomic mass is 9.93. The average Bonchev–Trinajstić information content (AvgIpc) is 3.55. The Kier molecular flexibility index (Phi) is 12.0. The predicted octanol–water partition coefficient (Wildman–Crippen LogP) is 6.24. The van der Waals surface area contributed by atoms with Gasteiger partial charge in [-0.3, -0.25) is 9.48 Å². The smallest absolute Gasteiger partial charge is 0.264 e. The van der Waals surface area contributed by atoms with E-state index in [9.17, 15) is 13.6 Å². The number of aryl methyl sites for hydroxylation is 2. The number of fused-ring (bicyclic) bond motifs is 2. The van der Waals surface area contributed by atoms with E-state index in [1.807, 2.05) is 38.9 Å². The van der Waals surface area contributed by atoms with Crippen LogP contribution in [0.15, 0.2) is 42.9 Å². The Labute approximate surface area is 223 Å². The SMILES string of the molecule is CC.CCC.CNC.Cn1cc(-c2cc3c(cc2C(F)F)N(c2ccc4ncc(C=O)n4n2)CCC3)cn1. The molecule has 38 heavy (non-hydrogen) atoms. The molecule has 0 bridgehead atoms. The van der Waals surface area contributed by atoms with Crippen LogP contribution in [0.3, 0.4) is 0 Å². The monoisotopic (exact) mass is 527 g/mol. The van der Waals surface area contributed by atoms with Crippen LogP contribution in [0, 0.1) is 0 Å². The molecule has 0 aliphatic carbocycles. The summed E-state index contributed by atoms with van der Waals surface area (Å²) >= 11 is 0. The zero-order valence-electron chi connectivity index (χ0n) is 23.4. The van der Waals surface area contributed by atoms with Gasteiger partial charge >= 0.3 is 0 Å². The molecule has 206 valence electrons. The number of rotatable bonds is 4. The minimum absolute atomic E-state index is 0.0362. The molecule has 1 aromatic carbocycles. The maximum Gasteiger partial charge on any atom is 0.264 e. The predicted molar refractivity (Wildman–Crippen MR) is 150 cm³/mol. The fourth-order valence-corrected chi connectivity index (χ4v) is 3.98. The molecule has 0 spiro atoms. The summed E-state index contributed by atoms with van der Waals surface area (Å²) < 4.78 is 31.0. The number of hydrogen-bond acceptors (Lipinski definition) is 6. The van der Waals surface area contributed by atoms with Crippen molar-refractivity contribution >= 4 is 23.4 Å². The first-order chi connectivity index (χ1) is 18.4. The van der Waals surface area contributed by atoms with Gasteiger partial charge in [0.05, 0.1) is 12.4 Å². The Bertz CT molecular complexity index is 1300. The zero-order valence-corrected chi connectivity index (χ0v) is 23.4. The molecule has 0 unspecified atom stereocenters. The summed E-state index contributed by atoms with van der Waals surface area (Å²) in [7, 11) is 5.51. The van der Waals surface area contributed by atoms with Crippen LogP contribution in [-0.4, -0.2) is 51.3 Å². The molecule has 0 radical (unpaired) electrons. The number of carbonyl (C=O) groups is 1. The number of alkyl halides is 2. The van der Waals surface area contributed by atoms with Gasteiger partial charge in [0.2, 0.25) is 0 Å². The Hall–Kier alpha value is -3.66. The van der Waals surface area contributed by atoms with E-state index in [4.69, 9.17) is 0 Å². The number of anilines is 2. The van der Waals surface area contributed by atoms with Crippen molar-refractivity contribution in [1.82, 2.24) is 29.7 Å². The number of aromatic nitrogens is 5. The largest absolute Gasteiger partial charge is 0.325 e. The van der Waals surface area contributed by atoms with Crippen molar-refractivity contribution in [2.24, 2.45) is 7.05 Å². The Morgan fingerprint density at radius 3 is 2.39 bits per heavy atom. The maximum atomic E-state index is 14.0. The van der Waals surface area contributed by atoms with Crippen LogP contribution < -0.4 is 10.2 Å². The summed E-state index contributed by atoms with van der Waals surface area (Å²) in [6.07, 6.45) is 5.76. The van der Waals surface area contributed by atoms with E-state index in [-0.39, 0.29) is 5.56 Å². The van der Waals surface area contributed by atoms with Gasteiger partial charge in [0.25, 0.3) is 6.43 Å². The van der Waals surface area contributed by atoms with E-state index in [0.29, 0.717) is 46.8 Å². The number of halogens is 2.